The Bertz CT molecular complexity index is 2000. The van der Waals surface area contributed by atoms with Crippen LogP contribution < -0.4 is 5.32 Å². The van der Waals surface area contributed by atoms with E-state index in [-0.39, 0.29) is 23.6 Å². The summed E-state index contributed by atoms with van der Waals surface area (Å²) < 4.78 is 39.0. The van der Waals surface area contributed by atoms with E-state index in [1.807, 2.05) is 66.7 Å². The van der Waals surface area contributed by atoms with Crippen LogP contribution in [0.15, 0.2) is 99.1 Å². The van der Waals surface area contributed by atoms with E-state index in [0.29, 0.717) is 54.4 Å². The lowest BCUT2D eigenvalue weighted by atomic mass is 10.0. The maximum atomic E-state index is 13.4. The summed E-state index contributed by atoms with van der Waals surface area (Å²) >= 11 is 0. The predicted molar refractivity (Wildman–Crippen MR) is 186 cm³/mol. The van der Waals surface area contributed by atoms with Crippen molar-refractivity contribution in [2.75, 3.05) is 13.1 Å². The molecule has 2 atom stereocenters. The number of fused-ring (bicyclic) bond motifs is 1. The molecule has 2 N–H and O–H groups in total. The second-order valence-electron chi connectivity index (χ2n) is 12.1. The Morgan fingerprint density at radius 1 is 0.714 bits per heavy atom. The number of aromatic nitrogens is 6. The fourth-order valence-electron chi connectivity index (χ4n) is 6.18. The fraction of sp³-hybridized carbons (Fsp3) is 0.343. The van der Waals surface area contributed by atoms with Crippen LogP contribution in [0, 0.1) is 0 Å². The summed E-state index contributed by atoms with van der Waals surface area (Å²) in [5.74, 6) is 2.38. The number of piperidine rings is 2. The zero-order valence-corrected chi connectivity index (χ0v) is 28.6. The van der Waals surface area contributed by atoms with Gasteiger partial charge in [-0.05, 0) is 55.5 Å². The molecule has 0 unspecified atom stereocenters. The number of aromatic amines is 1. The number of hydrogen-bond acceptors (Lipinski definition) is 10. The van der Waals surface area contributed by atoms with Crippen LogP contribution in [0.25, 0.3) is 11.0 Å². The van der Waals surface area contributed by atoms with Gasteiger partial charge in [-0.25, -0.2) is 13.4 Å². The third kappa shape index (κ3) is 8.24. The van der Waals surface area contributed by atoms with Crippen LogP contribution in [0.1, 0.15) is 85.2 Å². The van der Waals surface area contributed by atoms with E-state index in [0.717, 1.165) is 37.2 Å². The summed E-state index contributed by atoms with van der Waals surface area (Å²) in [5.41, 5.74) is 3.57. The van der Waals surface area contributed by atoms with Crippen molar-refractivity contribution in [2.45, 2.75) is 68.6 Å². The molecule has 2 aliphatic rings. The average Bonchev–Trinajstić information content (AvgIpc) is 3.91. The van der Waals surface area contributed by atoms with Gasteiger partial charge < -0.3 is 19.3 Å². The molecule has 0 aliphatic carbocycles. The molecule has 14 heteroatoms. The number of rotatable bonds is 8. The Hall–Kier alpha value is -4.43. The van der Waals surface area contributed by atoms with E-state index in [9.17, 15) is 8.42 Å². The summed E-state index contributed by atoms with van der Waals surface area (Å²) in [4.78, 5) is 16.2. The van der Waals surface area contributed by atoms with Crippen LogP contribution in [-0.2, 0) is 22.9 Å². The monoisotopic (exact) mass is 702 g/mol. The topological polar surface area (TPSA) is 156 Å². The second-order valence-corrected chi connectivity index (χ2v) is 13.9. The lowest BCUT2D eigenvalue weighted by Gasteiger charge is -2.31. The summed E-state index contributed by atoms with van der Waals surface area (Å²) in [6.45, 7) is 1.44. The maximum absolute atomic E-state index is 13.4. The molecule has 3 aromatic heterocycles. The largest absolute Gasteiger partial charge is 0.339 e. The number of sulfonamides is 1. The smallest absolute Gasteiger partial charge is 0.277 e. The van der Waals surface area contributed by atoms with Crippen LogP contribution >= 0.6 is 12.4 Å². The van der Waals surface area contributed by atoms with E-state index < -0.39 is 16.1 Å². The van der Waals surface area contributed by atoms with Crippen LogP contribution in [-0.4, -0.2) is 56.1 Å². The first-order valence-electron chi connectivity index (χ1n) is 16.5. The van der Waals surface area contributed by atoms with Gasteiger partial charge in [0.2, 0.25) is 16.9 Å². The third-order valence-electron chi connectivity index (χ3n) is 8.66. The van der Waals surface area contributed by atoms with Crippen molar-refractivity contribution < 1.29 is 17.5 Å². The molecule has 2 aliphatic heterocycles. The Morgan fingerprint density at radius 2 is 1.33 bits per heavy atom. The molecule has 2 fully saturated rings. The Balaban J connectivity index is 0.000000188. The van der Waals surface area contributed by atoms with Crippen molar-refractivity contribution in [2.24, 2.45) is 0 Å². The minimum Gasteiger partial charge on any atom is -0.339 e. The van der Waals surface area contributed by atoms with E-state index in [1.54, 1.807) is 6.07 Å². The highest BCUT2D eigenvalue weighted by Gasteiger charge is 2.38. The van der Waals surface area contributed by atoms with E-state index in [2.05, 4.69) is 47.7 Å². The van der Waals surface area contributed by atoms with Gasteiger partial charge >= 0.3 is 0 Å². The molecular weight excluding hydrogens is 664 g/mol. The molecular formula is C35H39ClN8O4S. The van der Waals surface area contributed by atoms with Gasteiger partial charge in [0.25, 0.3) is 10.0 Å². The van der Waals surface area contributed by atoms with Gasteiger partial charge in [0.05, 0.1) is 36.0 Å². The number of imidazole rings is 1. The van der Waals surface area contributed by atoms with Crippen LogP contribution in [0.5, 0.6) is 0 Å². The van der Waals surface area contributed by atoms with Gasteiger partial charge in [-0.3, -0.25) is 0 Å². The summed E-state index contributed by atoms with van der Waals surface area (Å²) in [5, 5.41) is 11.6. The third-order valence-corrected chi connectivity index (χ3v) is 10.4. The van der Waals surface area contributed by atoms with E-state index >= 15 is 0 Å². The Kier molecular flexibility index (Phi) is 11.1. The SMILES string of the molecule is Cl.O=S(=O)(c1nc2ccccc2[nH]1)N1CCCC[C@H]1c1noc(Cc2ccccc2)n1.c1ccc(Cc2nc([C@@H]3CCCCN3)no2)cc1. The van der Waals surface area contributed by atoms with Crippen molar-refractivity contribution >= 4 is 33.5 Å². The summed E-state index contributed by atoms with van der Waals surface area (Å²) in [6, 6.07) is 27.1. The molecule has 6 aromatic rings. The van der Waals surface area contributed by atoms with Crippen molar-refractivity contribution in [3.05, 3.63) is 119 Å². The maximum Gasteiger partial charge on any atom is 0.277 e. The van der Waals surface area contributed by atoms with E-state index in [1.165, 1.54) is 22.7 Å². The lowest BCUT2D eigenvalue weighted by Crippen LogP contribution is -2.39. The predicted octanol–water partition coefficient (Wildman–Crippen LogP) is 6.35. The molecule has 49 heavy (non-hydrogen) atoms. The first kappa shape index (κ1) is 34.4. The second kappa shape index (κ2) is 15.9. The van der Waals surface area contributed by atoms with Crippen molar-refractivity contribution in [1.29, 1.82) is 0 Å². The van der Waals surface area contributed by atoms with Gasteiger partial charge in [-0.1, -0.05) is 96.0 Å². The number of para-hydroxylation sites is 2. The number of benzene rings is 3. The Labute approximate surface area is 291 Å². The van der Waals surface area contributed by atoms with Crippen molar-refractivity contribution in [3.8, 4) is 0 Å². The summed E-state index contributed by atoms with van der Waals surface area (Å²) in [7, 11) is -3.83. The van der Waals surface area contributed by atoms with E-state index in [4.69, 9.17) is 9.05 Å². The number of H-pyrrole nitrogens is 1. The first-order valence-corrected chi connectivity index (χ1v) is 17.9. The fourth-order valence-corrected chi connectivity index (χ4v) is 7.76. The van der Waals surface area contributed by atoms with Gasteiger partial charge in [0.15, 0.2) is 11.6 Å². The molecule has 12 nitrogen and oxygen atoms in total. The molecule has 0 spiro atoms. The minimum atomic E-state index is -3.83. The quantitative estimate of drug-likeness (QED) is 0.183. The summed E-state index contributed by atoms with van der Waals surface area (Å²) in [6.07, 6.45) is 7.13. The molecule has 0 amide bonds. The van der Waals surface area contributed by atoms with Gasteiger partial charge in [0.1, 0.15) is 0 Å². The highest BCUT2D eigenvalue weighted by molar-refractivity contribution is 7.89. The molecule has 256 valence electrons. The van der Waals surface area contributed by atoms with Gasteiger partial charge in [-0.2, -0.15) is 14.3 Å². The molecule has 3 aromatic carbocycles. The number of nitrogens with one attached hydrogen (secondary N) is 2. The number of hydrogen-bond donors (Lipinski definition) is 2. The molecule has 5 heterocycles. The Morgan fingerprint density at radius 3 is 1.98 bits per heavy atom. The number of halogens is 1. The van der Waals surface area contributed by atoms with Gasteiger partial charge in [0, 0.05) is 6.54 Å². The lowest BCUT2D eigenvalue weighted by molar-refractivity contribution is 0.239. The van der Waals surface area contributed by atoms with Crippen LogP contribution in [0.3, 0.4) is 0 Å². The first-order chi connectivity index (χ1) is 23.5. The van der Waals surface area contributed by atoms with Crippen molar-refractivity contribution in [3.63, 3.8) is 0 Å². The molecule has 0 radical (unpaired) electrons. The molecule has 2 saturated heterocycles. The van der Waals surface area contributed by atoms with Crippen LogP contribution in [0.4, 0.5) is 0 Å². The highest BCUT2D eigenvalue weighted by Crippen LogP contribution is 2.34. The highest BCUT2D eigenvalue weighted by atomic mass is 35.5. The minimum absolute atomic E-state index is 0. The molecule has 8 rings (SSSR count). The normalized spacial score (nSPS) is 18.4. The van der Waals surface area contributed by atoms with Gasteiger partial charge in [-0.15, -0.1) is 12.4 Å². The van der Waals surface area contributed by atoms with Crippen LogP contribution in [0.2, 0.25) is 0 Å². The van der Waals surface area contributed by atoms with Crippen molar-refractivity contribution in [1.82, 2.24) is 39.9 Å². The zero-order valence-electron chi connectivity index (χ0n) is 26.9. The standard InChI is InChI=1S/C21H21N5O3S.C14H17N3O.ClH/c27-30(28,21-22-16-10-4-5-11-17(16)23-21)26-13-7-6-12-18(26)20-24-19(29-25-20)14-15-8-2-1-3-9-15;1-2-6-11(7-3-1)10-13-16-14(17-18-13)12-8-4-5-9-15-12;/h1-5,8-11,18H,6-7,12-14H2,(H,22,23);1-3,6-7,12,15H,4-5,8-10H2;1H/t18-;12-;/m00./s1. The zero-order chi connectivity index (χ0) is 32.8. The molecule has 0 bridgehead atoms. The number of nitrogens with zero attached hydrogens (tertiary/aromatic N) is 6. The average molecular weight is 703 g/mol. The molecule has 0 saturated carbocycles.